The Hall–Kier alpha value is -2.59. The molecule has 5 aliphatic rings. The van der Waals surface area contributed by atoms with E-state index in [1.54, 1.807) is 6.92 Å². The van der Waals surface area contributed by atoms with Crippen LogP contribution in [0.4, 0.5) is 0 Å². The molecule has 18 heteroatoms. The fourth-order valence-electron chi connectivity index (χ4n) is 10.9. The van der Waals surface area contributed by atoms with Crippen LogP contribution < -0.4 is 0 Å². The van der Waals surface area contributed by atoms with Gasteiger partial charge in [0.15, 0.2) is 23.6 Å². The fraction of sp³-hybridized carbons (Fsp3) is 0.816. The second-order valence-corrected chi connectivity index (χ2v) is 16.9. The first kappa shape index (κ1) is 44.5. The maximum atomic E-state index is 13.9. The summed E-state index contributed by atoms with van der Waals surface area (Å²) in [6.45, 7) is 6.56. The Kier molecular flexibility index (Phi) is 13.5. The molecule has 1 spiro atoms. The van der Waals surface area contributed by atoms with Crippen LogP contribution in [0.15, 0.2) is 35.2 Å². The summed E-state index contributed by atoms with van der Waals surface area (Å²) >= 11 is 0. The van der Waals surface area contributed by atoms with E-state index in [-0.39, 0.29) is 30.1 Å². The summed E-state index contributed by atoms with van der Waals surface area (Å²) in [6.07, 6.45) is -11.7. The summed E-state index contributed by atoms with van der Waals surface area (Å²) < 4.78 is 23.4. The smallest absolute Gasteiger partial charge is 0.314 e. The minimum atomic E-state index is -2.34. The Bertz CT molecular complexity index is 1500. The van der Waals surface area contributed by atoms with E-state index < -0.39 is 121 Å². The number of carbonyl (C=O) groups excluding carboxylic acids is 1. The third-order valence-corrected chi connectivity index (χ3v) is 13.7. The molecule has 0 aromatic carbocycles. The molecule has 1 saturated heterocycles. The molecule has 18 nitrogen and oxygen atoms in total. The molecule has 320 valence electrons. The summed E-state index contributed by atoms with van der Waals surface area (Å²) in [5, 5.41) is 132. The van der Waals surface area contributed by atoms with Crippen LogP contribution in [0.25, 0.3) is 0 Å². The molecule has 56 heavy (non-hydrogen) atoms. The van der Waals surface area contributed by atoms with E-state index >= 15 is 0 Å². The first-order valence-electron chi connectivity index (χ1n) is 19.3. The van der Waals surface area contributed by atoms with Crippen LogP contribution >= 0.6 is 0 Å². The third kappa shape index (κ3) is 7.80. The number of rotatable bonds is 15. The van der Waals surface area contributed by atoms with Crippen molar-refractivity contribution in [3.63, 3.8) is 0 Å². The first-order chi connectivity index (χ1) is 26.3. The number of hydrogen-bond donors (Lipinski definition) is 13. The first-order valence-corrected chi connectivity index (χ1v) is 19.3. The van der Waals surface area contributed by atoms with Crippen molar-refractivity contribution >= 4 is 5.97 Å². The molecule has 5 fully saturated rings. The Morgan fingerprint density at radius 2 is 1.41 bits per heavy atom. The lowest BCUT2D eigenvalue weighted by atomic mass is 9.41. The molecule has 0 aromatic heterocycles. The molecular weight excluding hydrogens is 744 g/mol. The minimum absolute atomic E-state index is 0.0576. The fourth-order valence-corrected chi connectivity index (χ4v) is 10.9. The Morgan fingerprint density at radius 3 is 2.00 bits per heavy atom. The van der Waals surface area contributed by atoms with Gasteiger partial charge in [0.05, 0.1) is 17.6 Å². The van der Waals surface area contributed by atoms with E-state index in [9.17, 15) is 61.0 Å². The number of esters is 1. The van der Waals surface area contributed by atoms with Gasteiger partial charge < -0.3 is 85.3 Å². The van der Waals surface area contributed by atoms with E-state index in [2.05, 4.69) is 13.5 Å². The molecule has 5 rings (SSSR count). The normalized spacial score (nSPS) is 41.3. The summed E-state index contributed by atoms with van der Waals surface area (Å²) in [5.74, 6) is -5.35. The molecule has 13 N–H and O–H groups in total. The number of fused-ring (bicyclic) bond motifs is 3. The molecular formula is C38H60O18. The molecule has 0 amide bonds. The van der Waals surface area contributed by atoms with Crippen molar-refractivity contribution in [1.29, 1.82) is 0 Å². The summed E-state index contributed by atoms with van der Waals surface area (Å²) in [6, 6.07) is 0. The Balaban J connectivity index is 1.37. The zero-order valence-electron chi connectivity index (χ0n) is 31.8. The van der Waals surface area contributed by atoms with Gasteiger partial charge >= 0.3 is 5.97 Å². The van der Waals surface area contributed by atoms with Gasteiger partial charge in [-0.05, 0) is 86.5 Å². The number of hydrogen-bond acceptors (Lipinski definition) is 18. The van der Waals surface area contributed by atoms with Gasteiger partial charge in [-0.1, -0.05) is 19.9 Å². The molecule has 15 atom stereocenters. The number of aliphatic hydroxyl groups excluding tert-OH is 13. The largest absolute Gasteiger partial charge is 0.506 e. The van der Waals surface area contributed by atoms with Crippen molar-refractivity contribution in [3.05, 3.63) is 35.2 Å². The van der Waals surface area contributed by atoms with E-state index in [1.165, 1.54) is 0 Å². The lowest BCUT2D eigenvalue weighted by molar-refractivity contribution is -0.349. The van der Waals surface area contributed by atoms with Crippen LogP contribution in [0.2, 0.25) is 0 Å². The van der Waals surface area contributed by atoms with Crippen molar-refractivity contribution in [2.75, 3.05) is 19.8 Å². The van der Waals surface area contributed by atoms with Gasteiger partial charge in [0.2, 0.25) is 12.0 Å². The van der Waals surface area contributed by atoms with Crippen LogP contribution in [0, 0.1) is 28.1 Å². The van der Waals surface area contributed by atoms with Crippen molar-refractivity contribution < 1.29 is 90.1 Å². The highest BCUT2D eigenvalue weighted by Gasteiger charge is 2.69. The topological polar surface area (TPSA) is 317 Å². The summed E-state index contributed by atoms with van der Waals surface area (Å²) in [7, 11) is 0. The Labute approximate surface area is 324 Å². The van der Waals surface area contributed by atoms with Crippen LogP contribution in [-0.4, -0.2) is 153 Å². The van der Waals surface area contributed by atoms with Gasteiger partial charge in [0.25, 0.3) is 6.29 Å². The summed E-state index contributed by atoms with van der Waals surface area (Å²) in [5.41, 5.74) is -2.17. The third-order valence-electron chi connectivity index (χ3n) is 13.7. The van der Waals surface area contributed by atoms with Crippen LogP contribution in [-0.2, 0) is 23.7 Å². The highest BCUT2D eigenvalue weighted by molar-refractivity contribution is 5.77. The van der Waals surface area contributed by atoms with Gasteiger partial charge in [-0.15, -0.1) is 0 Å². The molecule has 1 aliphatic heterocycles. The van der Waals surface area contributed by atoms with E-state index in [0.717, 1.165) is 12.0 Å². The standard InChI is InChI=1S/C38H60O18/c1-18-15-37-11-5-22-35(2,9-4-10-36(22,3)34(52)55-32(51)29(49)25(45)20(43)8-14-40)23(37)6-12-38(18,17-37)56-33-30(27(47)26(46)21(16-41)53-33)54-31(50)28(48)24(44)19(42)7-13-39/h19-23,26-27,30-33,39-51H,1,4-17H2,2-3H3/b28-24-,29-25+/t19?,20?,21?,22-,23-,26?,27?,30?,31?,32?,33?,35+,36+,37+,38-/m0/s1. The zero-order valence-corrected chi connectivity index (χ0v) is 31.8. The van der Waals surface area contributed by atoms with Crippen molar-refractivity contribution in [1.82, 2.24) is 0 Å². The second kappa shape index (κ2) is 16.9. The predicted octanol–water partition coefficient (Wildman–Crippen LogP) is 0.241. The van der Waals surface area contributed by atoms with Crippen molar-refractivity contribution in [2.24, 2.45) is 28.1 Å². The monoisotopic (exact) mass is 804 g/mol. The number of aliphatic hydroxyl groups is 13. The van der Waals surface area contributed by atoms with Crippen molar-refractivity contribution in [3.8, 4) is 0 Å². The number of carbonyl (C=O) groups is 1. The molecule has 1 heterocycles. The molecule has 4 aliphatic carbocycles. The maximum Gasteiger partial charge on any atom is 0.314 e. The van der Waals surface area contributed by atoms with Gasteiger partial charge in [0.1, 0.15) is 36.6 Å². The minimum Gasteiger partial charge on any atom is -0.506 e. The van der Waals surface area contributed by atoms with Crippen molar-refractivity contribution in [2.45, 2.75) is 146 Å². The van der Waals surface area contributed by atoms with Gasteiger partial charge in [0, 0.05) is 26.1 Å². The SMILES string of the molecule is C=C1C[C@@]23CC[C@H]4[C@@](C)(CCC[C@@]4(C)C(=O)OC(O)/C(O)=C(\O)C(O)CCO)[C@@H]2CC[C@]1(OC1OC(CO)C(O)C(O)C1OC(O)/C(O)=C(/O)C(O)CCO)C3. The average Bonchev–Trinajstić information content (AvgIpc) is 3.35. The van der Waals surface area contributed by atoms with E-state index in [1.807, 2.05) is 0 Å². The van der Waals surface area contributed by atoms with E-state index in [4.69, 9.17) is 29.2 Å². The Morgan fingerprint density at radius 1 is 0.821 bits per heavy atom. The maximum absolute atomic E-state index is 13.9. The quantitative estimate of drug-likeness (QED) is 0.0347. The average molecular weight is 805 g/mol. The molecule has 2 bridgehead atoms. The van der Waals surface area contributed by atoms with Crippen LogP contribution in [0.1, 0.15) is 84.5 Å². The lowest BCUT2D eigenvalue weighted by Crippen LogP contribution is -2.63. The van der Waals surface area contributed by atoms with Gasteiger partial charge in [-0.3, -0.25) is 4.79 Å². The second-order valence-electron chi connectivity index (χ2n) is 16.9. The van der Waals surface area contributed by atoms with Crippen LogP contribution in [0.3, 0.4) is 0 Å². The zero-order chi connectivity index (χ0) is 41.5. The molecule has 0 radical (unpaired) electrons. The predicted molar refractivity (Wildman–Crippen MR) is 191 cm³/mol. The van der Waals surface area contributed by atoms with Gasteiger partial charge in [-0.25, -0.2) is 0 Å². The number of ether oxygens (including phenoxy) is 4. The van der Waals surface area contributed by atoms with Crippen LogP contribution in [0.5, 0.6) is 0 Å². The highest BCUT2D eigenvalue weighted by atomic mass is 16.7. The molecule has 0 aromatic rings. The van der Waals surface area contributed by atoms with E-state index in [0.29, 0.717) is 51.4 Å². The molecule has 9 unspecified atom stereocenters. The lowest BCUT2D eigenvalue weighted by Gasteiger charge is -2.64. The highest BCUT2D eigenvalue weighted by Crippen LogP contribution is 2.73. The molecule has 4 saturated carbocycles. The van der Waals surface area contributed by atoms with Gasteiger partial charge in [-0.2, -0.15) is 0 Å². The summed E-state index contributed by atoms with van der Waals surface area (Å²) in [4.78, 5) is 13.9.